The van der Waals surface area contributed by atoms with Crippen LogP contribution in [0.1, 0.15) is 23.3 Å². The molecule has 2 aromatic rings. The molecule has 1 aliphatic heterocycles. The first-order valence-electron chi connectivity index (χ1n) is 6.91. The number of amides is 1. The van der Waals surface area contributed by atoms with Crippen molar-refractivity contribution < 1.29 is 4.79 Å². The minimum atomic E-state index is -0.0144. The van der Waals surface area contributed by atoms with Gasteiger partial charge in [0.2, 0.25) is 0 Å². The maximum atomic E-state index is 12.5. The Labute approximate surface area is 132 Å². The van der Waals surface area contributed by atoms with Crippen LogP contribution in [0.4, 0.5) is 0 Å². The van der Waals surface area contributed by atoms with Gasteiger partial charge in [-0.1, -0.05) is 23.7 Å². The second-order valence-corrected chi connectivity index (χ2v) is 6.37. The monoisotopic (exact) mass is 321 g/mol. The highest BCUT2D eigenvalue weighted by Gasteiger charge is 2.29. The molecule has 1 unspecified atom stereocenters. The summed E-state index contributed by atoms with van der Waals surface area (Å²) < 4.78 is 0. The summed E-state index contributed by atoms with van der Waals surface area (Å²) in [5.74, 6) is -0.0144. The lowest BCUT2D eigenvalue weighted by Gasteiger charge is -2.22. The number of hydrogen-bond acceptors (Lipinski definition) is 4. The summed E-state index contributed by atoms with van der Waals surface area (Å²) in [6.45, 7) is 1.29. The average molecular weight is 322 g/mol. The lowest BCUT2D eigenvalue weighted by atomic mass is 10.2. The van der Waals surface area contributed by atoms with Crippen LogP contribution in [-0.2, 0) is 0 Å². The van der Waals surface area contributed by atoms with Crippen LogP contribution in [-0.4, -0.2) is 34.9 Å². The van der Waals surface area contributed by atoms with Crippen molar-refractivity contribution in [3.8, 4) is 10.6 Å². The fourth-order valence-corrected chi connectivity index (χ4v) is 3.52. The molecular weight excluding hydrogens is 306 g/mol. The molecule has 1 atom stereocenters. The van der Waals surface area contributed by atoms with E-state index in [1.54, 1.807) is 0 Å². The van der Waals surface area contributed by atoms with E-state index in [-0.39, 0.29) is 11.9 Å². The van der Waals surface area contributed by atoms with Gasteiger partial charge >= 0.3 is 0 Å². The Morgan fingerprint density at radius 3 is 2.90 bits per heavy atom. The van der Waals surface area contributed by atoms with Crippen LogP contribution in [0.5, 0.6) is 0 Å². The van der Waals surface area contributed by atoms with Crippen LogP contribution in [0.3, 0.4) is 0 Å². The highest BCUT2D eigenvalue weighted by Crippen LogP contribution is 2.27. The van der Waals surface area contributed by atoms with Crippen molar-refractivity contribution in [1.29, 1.82) is 0 Å². The minimum Gasteiger partial charge on any atom is -0.333 e. The van der Waals surface area contributed by atoms with Crippen LogP contribution >= 0.6 is 22.9 Å². The smallest absolute Gasteiger partial charge is 0.273 e. The van der Waals surface area contributed by atoms with Crippen molar-refractivity contribution in [3.05, 3.63) is 40.4 Å². The Bertz CT molecular complexity index is 641. The Balaban J connectivity index is 1.81. The van der Waals surface area contributed by atoms with E-state index in [0.29, 0.717) is 17.3 Å². The number of nitrogens with zero attached hydrogens (tertiary/aromatic N) is 2. The molecule has 3 rings (SSSR count). The molecule has 2 N–H and O–H groups in total. The van der Waals surface area contributed by atoms with Gasteiger partial charge in [0.25, 0.3) is 5.91 Å². The number of thiazole rings is 1. The van der Waals surface area contributed by atoms with Gasteiger partial charge in [-0.05, 0) is 25.0 Å². The van der Waals surface area contributed by atoms with E-state index in [2.05, 4.69) is 4.98 Å². The summed E-state index contributed by atoms with van der Waals surface area (Å²) in [6.07, 6.45) is 2.00. The Kier molecular flexibility index (Phi) is 4.24. The molecule has 6 heteroatoms. The molecule has 0 saturated carbocycles. The molecule has 21 heavy (non-hydrogen) atoms. The van der Waals surface area contributed by atoms with Gasteiger partial charge in [-0.2, -0.15) is 0 Å². The van der Waals surface area contributed by atoms with Crippen molar-refractivity contribution in [2.45, 2.75) is 18.9 Å². The van der Waals surface area contributed by atoms with E-state index in [0.717, 1.165) is 30.0 Å². The summed E-state index contributed by atoms with van der Waals surface area (Å²) in [5, 5.41) is 3.34. The van der Waals surface area contributed by atoms with Gasteiger partial charge in [-0.15, -0.1) is 11.3 Å². The van der Waals surface area contributed by atoms with Crippen molar-refractivity contribution >= 4 is 28.8 Å². The molecule has 0 spiro atoms. The Morgan fingerprint density at radius 2 is 2.19 bits per heavy atom. The third-order valence-electron chi connectivity index (χ3n) is 3.72. The summed E-state index contributed by atoms with van der Waals surface area (Å²) in [4.78, 5) is 18.8. The first-order chi connectivity index (χ1) is 10.2. The first-order valence-corrected chi connectivity index (χ1v) is 8.17. The van der Waals surface area contributed by atoms with Gasteiger partial charge in [0, 0.05) is 35.1 Å². The average Bonchev–Trinajstić information content (AvgIpc) is 3.16. The fraction of sp³-hybridized carbons (Fsp3) is 0.333. The quantitative estimate of drug-likeness (QED) is 0.945. The van der Waals surface area contributed by atoms with E-state index in [1.807, 2.05) is 34.5 Å². The van der Waals surface area contributed by atoms with E-state index in [1.165, 1.54) is 11.3 Å². The molecular formula is C15H16ClN3OS. The maximum Gasteiger partial charge on any atom is 0.273 e. The third kappa shape index (κ3) is 2.95. The minimum absolute atomic E-state index is 0.0144. The lowest BCUT2D eigenvalue weighted by molar-refractivity contribution is 0.0736. The fourth-order valence-electron chi connectivity index (χ4n) is 2.59. The van der Waals surface area contributed by atoms with Gasteiger partial charge in [0.1, 0.15) is 10.7 Å². The number of halogens is 1. The molecule has 0 bridgehead atoms. The maximum absolute atomic E-state index is 12.5. The van der Waals surface area contributed by atoms with E-state index < -0.39 is 0 Å². The zero-order valence-electron chi connectivity index (χ0n) is 11.5. The molecule has 1 saturated heterocycles. The zero-order chi connectivity index (χ0) is 14.8. The summed E-state index contributed by atoms with van der Waals surface area (Å²) >= 11 is 7.35. The molecule has 1 aliphatic rings. The lowest BCUT2D eigenvalue weighted by Crippen LogP contribution is -2.40. The summed E-state index contributed by atoms with van der Waals surface area (Å²) in [6, 6.07) is 7.62. The van der Waals surface area contributed by atoms with Gasteiger partial charge < -0.3 is 10.6 Å². The van der Waals surface area contributed by atoms with Gasteiger partial charge in [-0.3, -0.25) is 4.79 Å². The van der Waals surface area contributed by atoms with Crippen LogP contribution in [0.25, 0.3) is 10.6 Å². The molecule has 2 heterocycles. The van der Waals surface area contributed by atoms with Crippen LogP contribution in [0.2, 0.25) is 5.02 Å². The first kappa shape index (κ1) is 14.5. The van der Waals surface area contributed by atoms with E-state index in [4.69, 9.17) is 17.3 Å². The number of benzene rings is 1. The Hall–Kier alpha value is -1.43. The molecule has 1 fully saturated rings. The number of hydrogen-bond donors (Lipinski definition) is 1. The largest absolute Gasteiger partial charge is 0.333 e. The second kappa shape index (κ2) is 6.13. The van der Waals surface area contributed by atoms with Gasteiger partial charge in [-0.25, -0.2) is 4.98 Å². The molecule has 1 aromatic heterocycles. The highest BCUT2D eigenvalue weighted by atomic mass is 35.5. The van der Waals surface area contributed by atoms with Crippen LogP contribution in [0, 0.1) is 0 Å². The van der Waals surface area contributed by atoms with Crippen LogP contribution in [0.15, 0.2) is 29.6 Å². The van der Waals surface area contributed by atoms with Crippen molar-refractivity contribution in [2.75, 3.05) is 13.1 Å². The zero-order valence-corrected chi connectivity index (χ0v) is 13.0. The number of nitrogens with two attached hydrogens (primary N) is 1. The summed E-state index contributed by atoms with van der Waals surface area (Å²) in [5.41, 5.74) is 7.20. The van der Waals surface area contributed by atoms with E-state index >= 15 is 0 Å². The molecule has 110 valence electrons. The van der Waals surface area contributed by atoms with Crippen molar-refractivity contribution in [1.82, 2.24) is 9.88 Å². The number of rotatable bonds is 3. The predicted octanol–water partition coefficient (Wildman–Crippen LogP) is 3.03. The molecule has 0 aliphatic carbocycles. The van der Waals surface area contributed by atoms with Gasteiger partial charge in [0.15, 0.2) is 0 Å². The Morgan fingerprint density at radius 1 is 1.43 bits per heavy atom. The molecule has 1 aromatic carbocycles. The number of likely N-dealkylation sites (tertiary alicyclic amines) is 1. The van der Waals surface area contributed by atoms with Crippen molar-refractivity contribution in [2.24, 2.45) is 5.73 Å². The number of carbonyl (C=O) groups excluding carboxylic acids is 1. The summed E-state index contributed by atoms with van der Waals surface area (Å²) in [7, 11) is 0. The van der Waals surface area contributed by atoms with Gasteiger partial charge in [0.05, 0.1) is 0 Å². The topological polar surface area (TPSA) is 59.2 Å². The number of aromatic nitrogens is 1. The molecule has 1 amide bonds. The predicted molar refractivity (Wildman–Crippen MR) is 85.7 cm³/mol. The molecule has 0 radical (unpaired) electrons. The van der Waals surface area contributed by atoms with Crippen LogP contribution < -0.4 is 5.73 Å². The van der Waals surface area contributed by atoms with Crippen molar-refractivity contribution in [3.63, 3.8) is 0 Å². The second-order valence-electron chi connectivity index (χ2n) is 5.08. The number of carbonyl (C=O) groups is 1. The standard InChI is InChI=1S/C15H16ClN3OS/c16-11-5-3-10(4-6-11)14-18-13(9-21-14)15(20)19-7-1-2-12(19)8-17/h3-6,9,12H,1-2,7-8,17H2. The van der Waals surface area contributed by atoms with E-state index in [9.17, 15) is 4.79 Å². The third-order valence-corrected chi connectivity index (χ3v) is 4.87. The highest BCUT2D eigenvalue weighted by molar-refractivity contribution is 7.13. The SMILES string of the molecule is NCC1CCCN1C(=O)c1csc(-c2ccc(Cl)cc2)n1. The molecule has 4 nitrogen and oxygen atoms in total. The normalized spacial score (nSPS) is 18.2.